The zero-order valence-electron chi connectivity index (χ0n) is 14.7. The second-order valence-corrected chi connectivity index (χ2v) is 7.06. The highest BCUT2D eigenvalue weighted by atomic mass is 35.5. The minimum absolute atomic E-state index is 0.377. The molecule has 0 aliphatic heterocycles. The molecule has 2 atom stereocenters. The van der Waals surface area contributed by atoms with Crippen molar-refractivity contribution in [3.05, 3.63) is 64.9 Å². The number of aliphatic hydroxyl groups is 1. The molecule has 1 aromatic carbocycles. The van der Waals surface area contributed by atoms with Gasteiger partial charge in [0.05, 0.1) is 5.69 Å². The normalized spacial score (nSPS) is 15.2. The highest BCUT2D eigenvalue weighted by Crippen LogP contribution is 2.44. The van der Waals surface area contributed by atoms with Crippen molar-refractivity contribution in [1.29, 1.82) is 0 Å². The predicted octanol–water partition coefficient (Wildman–Crippen LogP) is 4.46. The lowest BCUT2D eigenvalue weighted by molar-refractivity contribution is 0.0575. The van der Waals surface area contributed by atoms with E-state index in [2.05, 4.69) is 30.9 Å². The Balaban J connectivity index is 2.49. The van der Waals surface area contributed by atoms with Crippen LogP contribution < -0.4 is 0 Å². The van der Waals surface area contributed by atoms with Gasteiger partial charge in [-0.3, -0.25) is 4.98 Å². The molecule has 0 fully saturated rings. The lowest BCUT2D eigenvalue weighted by atomic mass is 9.69. The first-order chi connectivity index (χ1) is 11.5. The van der Waals surface area contributed by atoms with Gasteiger partial charge < -0.3 is 10.0 Å². The van der Waals surface area contributed by atoms with Gasteiger partial charge in [0.25, 0.3) is 0 Å². The molecule has 2 rings (SSSR count). The molecule has 130 valence electrons. The maximum atomic E-state index is 11.3. The number of hydrogen-bond donors (Lipinski definition) is 1. The molecule has 0 saturated heterocycles. The number of rotatable bonds is 8. The van der Waals surface area contributed by atoms with Crippen LogP contribution in [-0.2, 0) is 5.41 Å². The van der Waals surface area contributed by atoms with Crippen molar-refractivity contribution in [2.45, 2.75) is 37.7 Å². The quantitative estimate of drug-likeness (QED) is 0.766. The molecule has 24 heavy (non-hydrogen) atoms. The highest BCUT2D eigenvalue weighted by Gasteiger charge is 2.40. The van der Waals surface area contributed by atoms with Crippen molar-refractivity contribution >= 4 is 11.6 Å². The first-order valence-corrected chi connectivity index (χ1v) is 8.87. The Morgan fingerprint density at radius 3 is 2.38 bits per heavy atom. The van der Waals surface area contributed by atoms with Crippen molar-refractivity contribution in [3.63, 3.8) is 0 Å². The standard InChI is InChI=1S/C20H27ClN2O/c1-4-12-20(13-15-23(2)3,16-8-10-17(21)11-9-16)19(24)18-7-5-6-14-22-18/h5-11,14,19,24H,4,12-13,15H2,1-3H3. The molecule has 3 nitrogen and oxygen atoms in total. The smallest absolute Gasteiger partial charge is 0.106 e. The zero-order chi connectivity index (χ0) is 17.6. The molecule has 4 heteroatoms. The Morgan fingerprint density at radius 1 is 1.12 bits per heavy atom. The van der Waals surface area contributed by atoms with E-state index in [-0.39, 0.29) is 5.41 Å². The minimum Gasteiger partial charge on any atom is -0.386 e. The van der Waals surface area contributed by atoms with E-state index in [1.165, 1.54) is 0 Å². The summed E-state index contributed by atoms with van der Waals surface area (Å²) in [5, 5.41) is 12.0. The average molecular weight is 347 g/mol. The zero-order valence-corrected chi connectivity index (χ0v) is 15.5. The van der Waals surface area contributed by atoms with E-state index in [4.69, 9.17) is 11.6 Å². The maximum Gasteiger partial charge on any atom is 0.106 e. The molecule has 0 aliphatic rings. The summed E-state index contributed by atoms with van der Waals surface area (Å²) in [6, 6.07) is 13.6. The number of pyridine rings is 1. The third kappa shape index (κ3) is 4.35. The number of benzene rings is 1. The molecule has 2 aromatic rings. The Labute approximate surface area is 150 Å². The Morgan fingerprint density at radius 2 is 1.83 bits per heavy atom. The van der Waals surface area contributed by atoms with Crippen molar-refractivity contribution in [2.24, 2.45) is 0 Å². The largest absolute Gasteiger partial charge is 0.386 e. The molecule has 0 spiro atoms. The van der Waals surface area contributed by atoms with E-state index in [0.29, 0.717) is 5.02 Å². The third-order valence-corrected chi connectivity index (χ3v) is 4.86. The van der Waals surface area contributed by atoms with Gasteiger partial charge >= 0.3 is 0 Å². The van der Waals surface area contributed by atoms with Gasteiger partial charge in [0.1, 0.15) is 6.10 Å². The first-order valence-electron chi connectivity index (χ1n) is 8.49. The molecule has 0 saturated carbocycles. The lowest BCUT2D eigenvalue weighted by Gasteiger charge is -2.39. The molecule has 0 aliphatic carbocycles. The van der Waals surface area contributed by atoms with Gasteiger partial charge in [0, 0.05) is 16.6 Å². The predicted molar refractivity (Wildman–Crippen MR) is 100 cm³/mol. The average Bonchev–Trinajstić information content (AvgIpc) is 2.59. The second-order valence-electron chi connectivity index (χ2n) is 6.62. The van der Waals surface area contributed by atoms with Crippen LogP contribution in [0.3, 0.4) is 0 Å². The number of aliphatic hydroxyl groups excluding tert-OH is 1. The number of hydrogen-bond acceptors (Lipinski definition) is 3. The number of aromatic nitrogens is 1. The van der Waals surface area contributed by atoms with Crippen molar-refractivity contribution in [1.82, 2.24) is 9.88 Å². The van der Waals surface area contributed by atoms with E-state index < -0.39 is 6.10 Å². The van der Waals surface area contributed by atoms with E-state index in [1.54, 1.807) is 6.20 Å². The Bertz CT molecular complexity index is 615. The van der Waals surface area contributed by atoms with Gasteiger partial charge in [0.2, 0.25) is 0 Å². The van der Waals surface area contributed by atoms with E-state index in [1.807, 2.05) is 42.5 Å². The van der Waals surface area contributed by atoms with Gasteiger partial charge in [0.15, 0.2) is 0 Å². The first kappa shape index (κ1) is 18.9. The molecular formula is C20H27ClN2O. The van der Waals surface area contributed by atoms with E-state index in [0.717, 1.165) is 37.1 Å². The molecule has 1 N–H and O–H groups in total. The summed E-state index contributed by atoms with van der Waals surface area (Å²) in [7, 11) is 4.12. The monoisotopic (exact) mass is 346 g/mol. The van der Waals surface area contributed by atoms with Crippen LogP contribution in [0.1, 0.15) is 43.5 Å². The molecule has 0 amide bonds. The summed E-state index contributed by atoms with van der Waals surface area (Å²) in [6.07, 6.45) is 3.82. The summed E-state index contributed by atoms with van der Waals surface area (Å²) >= 11 is 6.08. The fourth-order valence-corrected chi connectivity index (χ4v) is 3.44. The van der Waals surface area contributed by atoms with E-state index in [9.17, 15) is 5.11 Å². The molecule has 1 aromatic heterocycles. The summed E-state index contributed by atoms with van der Waals surface area (Å²) in [6.45, 7) is 3.05. The van der Waals surface area contributed by atoms with Gasteiger partial charge in [-0.1, -0.05) is 43.1 Å². The van der Waals surface area contributed by atoms with Crippen LogP contribution in [0.4, 0.5) is 0 Å². The fraction of sp³-hybridized carbons (Fsp3) is 0.450. The van der Waals surface area contributed by atoms with Crippen LogP contribution in [0.5, 0.6) is 0 Å². The van der Waals surface area contributed by atoms with Gasteiger partial charge in [-0.15, -0.1) is 0 Å². The lowest BCUT2D eigenvalue weighted by Crippen LogP contribution is -2.37. The summed E-state index contributed by atoms with van der Waals surface area (Å²) in [5.41, 5.74) is 1.46. The van der Waals surface area contributed by atoms with Gasteiger partial charge in [-0.25, -0.2) is 0 Å². The summed E-state index contributed by atoms with van der Waals surface area (Å²) in [5.74, 6) is 0. The topological polar surface area (TPSA) is 36.4 Å². The van der Waals surface area contributed by atoms with Crippen LogP contribution in [0, 0.1) is 0 Å². The van der Waals surface area contributed by atoms with Crippen LogP contribution in [0.2, 0.25) is 5.02 Å². The maximum absolute atomic E-state index is 11.3. The molecule has 2 unspecified atom stereocenters. The number of nitrogens with zero attached hydrogens (tertiary/aromatic N) is 2. The second kappa shape index (κ2) is 8.61. The number of halogens is 1. The molecule has 0 radical (unpaired) electrons. The molecule has 1 heterocycles. The summed E-state index contributed by atoms with van der Waals surface area (Å²) in [4.78, 5) is 6.57. The van der Waals surface area contributed by atoms with E-state index >= 15 is 0 Å². The minimum atomic E-state index is -0.653. The van der Waals surface area contributed by atoms with Crippen LogP contribution >= 0.6 is 11.6 Å². The molecule has 0 bridgehead atoms. The fourth-order valence-electron chi connectivity index (χ4n) is 3.32. The van der Waals surface area contributed by atoms with Crippen LogP contribution in [0.15, 0.2) is 48.7 Å². The Kier molecular flexibility index (Phi) is 6.79. The third-order valence-electron chi connectivity index (χ3n) is 4.61. The van der Waals surface area contributed by atoms with Crippen molar-refractivity contribution < 1.29 is 5.11 Å². The van der Waals surface area contributed by atoms with Gasteiger partial charge in [-0.05, 0) is 63.3 Å². The van der Waals surface area contributed by atoms with Crippen molar-refractivity contribution in [2.75, 3.05) is 20.6 Å². The Hall–Kier alpha value is -1.42. The molecular weight excluding hydrogens is 320 g/mol. The highest BCUT2D eigenvalue weighted by molar-refractivity contribution is 6.30. The SMILES string of the molecule is CCCC(CCN(C)C)(c1ccc(Cl)cc1)C(O)c1ccccn1. The van der Waals surface area contributed by atoms with Gasteiger partial charge in [-0.2, -0.15) is 0 Å². The van der Waals surface area contributed by atoms with Crippen LogP contribution in [-0.4, -0.2) is 35.6 Å². The van der Waals surface area contributed by atoms with Crippen molar-refractivity contribution in [3.8, 4) is 0 Å². The van der Waals surface area contributed by atoms with Crippen LogP contribution in [0.25, 0.3) is 0 Å². The summed E-state index contributed by atoms with van der Waals surface area (Å²) < 4.78 is 0.